The van der Waals surface area contributed by atoms with Crippen molar-refractivity contribution in [1.29, 1.82) is 0 Å². The second-order valence-corrected chi connectivity index (χ2v) is 5.37. The first-order valence-electron chi connectivity index (χ1n) is 7.61. The Morgan fingerprint density at radius 3 is 2.78 bits per heavy atom. The Morgan fingerprint density at radius 1 is 1.35 bits per heavy atom. The number of aromatic nitrogens is 2. The van der Waals surface area contributed by atoms with Gasteiger partial charge in [-0.05, 0) is 24.6 Å². The molecular formula is C17H22FN3O2. The number of carbonyl (C=O) groups excluding carboxylic acids is 1. The van der Waals surface area contributed by atoms with Crippen LogP contribution < -0.4 is 5.32 Å². The van der Waals surface area contributed by atoms with Gasteiger partial charge in [0.15, 0.2) is 0 Å². The molecule has 0 atom stereocenters. The van der Waals surface area contributed by atoms with Crippen LogP contribution in [-0.4, -0.2) is 35.7 Å². The summed E-state index contributed by atoms with van der Waals surface area (Å²) in [6, 6.07) is 6.45. The van der Waals surface area contributed by atoms with E-state index in [4.69, 9.17) is 4.74 Å². The molecule has 2 rings (SSSR count). The van der Waals surface area contributed by atoms with Crippen molar-refractivity contribution < 1.29 is 13.9 Å². The number of imidazole rings is 1. The highest BCUT2D eigenvalue weighted by Crippen LogP contribution is 2.11. The molecule has 1 heterocycles. The standard InChI is InChI=1S/C17H22FN3O2/c1-13-11-20-16(7-9-19-17(22)8-10-23-2)21(13)12-14-3-5-15(18)6-4-14/h3-6,11H,7-10,12H2,1-2H3,(H,19,22). The quantitative estimate of drug-likeness (QED) is 0.810. The minimum absolute atomic E-state index is 0.0276. The maximum Gasteiger partial charge on any atom is 0.222 e. The summed E-state index contributed by atoms with van der Waals surface area (Å²) >= 11 is 0. The lowest BCUT2D eigenvalue weighted by atomic mass is 10.2. The fraction of sp³-hybridized carbons (Fsp3) is 0.412. The summed E-state index contributed by atoms with van der Waals surface area (Å²) in [4.78, 5) is 16.0. The summed E-state index contributed by atoms with van der Waals surface area (Å²) in [5.74, 6) is 0.633. The predicted molar refractivity (Wildman–Crippen MR) is 85.7 cm³/mol. The Hall–Kier alpha value is -2.21. The van der Waals surface area contributed by atoms with Crippen LogP contribution in [-0.2, 0) is 22.5 Å². The van der Waals surface area contributed by atoms with Crippen LogP contribution in [0.15, 0.2) is 30.5 Å². The van der Waals surface area contributed by atoms with Gasteiger partial charge >= 0.3 is 0 Å². The van der Waals surface area contributed by atoms with E-state index in [0.717, 1.165) is 17.1 Å². The van der Waals surface area contributed by atoms with Crippen molar-refractivity contribution in [2.24, 2.45) is 0 Å². The first-order chi connectivity index (χ1) is 11.1. The second kappa shape index (κ2) is 8.43. The number of halogens is 1. The number of benzene rings is 1. The van der Waals surface area contributed by atoms with Crippen LogP contribution >= 0.6 is 0 Å². The van der Waals surface area contributed by atoms with Crippen LogP contribution in [0.3, 0.4) is 0 Å². The van der Waals surface area contributed by atoms with Gasteiger partial charge in [0.1, 0.15) is 11.6 Å². The lowest BCUT2D eigenvalue weighted by Gasteiger charge is -2.11. The monoisotopic (exact) mass is 319 g/mol. The molecule has 1 amide bonds. The van der Waals surface area contributed by atoms with Crippen molar-refractivity contribution in [3.63, 3.8) is 0 Å². The van der Waals surface area contributed by atoms with E-state index >= 15 is 0 Å². The van der Waals surface area contributed by atoms with Gasteiger partial charge in [-0.1, -0.05) is 12.1 Å². The Morgan fingerprint density at radius 2 is 2.09 bits per heavy atom. The first-order valence-corrected chi connectivity index (χ1v) is 7.61. The van der Waals surface area contributed by atoms with E-state index in [1.807, 2.05) is 13.1 Å². The van der Waals surface area contributed by atoms with E-state index in [0.29, 0.717) is 32.5 Å². The molecular weight excluding hydrogens is 297 g/mol. The number of amides is 1. The van der Waals surface area contributed by atoms with Gasteiger partial charge in [-0.15, -0.1) is 0 Å². The summed E-state index contributed by atoms with van der Waals surface area (Å²) < 4.78 is 19.9. The SMILES string of the molecule is COCCC(=O)NCCc1ncc(C)n1Cc1ccc(F)cc1. The number of aryl methyl sites for hydroxylation is 1. The smallest absolute Gasteiger partial charge is 0.222 e. The normalized spacial score (nSPS) is 10.7. The number of hydrogen-bond donors (Lipinski definition) is 1. The average Bonchev–Trinajstić information content (AvgIpc) is 2.88. The molecule has 0 saturated carbocycles. The van der Waals surface area contributed by atoms with Crippen LogP contribution in [0.25, 0.3) is 0 Å². The fourth-order valence-corrected chi connectivity index (χ4v) is 2.30. The molecule has 2 aromatic rings. The van der Waals surface area contributed by atoms with E-state index in [2.05, 4.69) is 14.9 Å². The molecule has 5 nitrogen and oxygen atoms in total. The third-order valence-electron chi connectivity index (χ3n) is 3.60. The van der Waals surface area contributed by atoms with Crippen LogP contribution in [0.2, 0.25) is 0 Å². The molecule has 6 heteroatoms. The maximum absolute atomic E-state index is 13.0. The molecule has 1 N–H and O–H groups in total. The maximum atomic E-state index is 13.0. The minimum atomic E-state index is -0.241. The van der Waals surface area contributed by atoms with Crippen LogP contribution in [0.5, 0.6) is 0 Å². The second-order valence-electron chi connectivity index (χ2n) is 5.37. The summed E-state index contributed by atoms with van der Waals surface area (Å²) in [5.41, 5.74) is 2.05. The van der Waals surface area contributed by atoms with Crippen molar-refractivity contribution in [3.8, 4) is 0 Å². The number of hydrogen-bond acceptors (Lipinski definition) is 3. The van der Waals surface area contributed by atoms with E-state index in [-0.39, 0.29) is 11.7 Å². The lowest BCUT2D eigenvalue weighted by Crippen LogP contribution is -2.27. The molecule has 0 aliphatic rings. The Bertz CT molecular complexity index is 638. The zero-order chi connectivity index (χ0) is 16.7. The van der Waals surface area contributed by atoms with Crippen LogP contribution in [0, 0.1) is 12.7 Å². The predicted octanol–water partition coefficient (Wildman–Crippen LogP) is 2.07. The van der Waals surface area contributed by atoms with E-state index in [9.17, 15) is 9.18 Å². The van der Waals surface area contributed by atoms with Gasteiger partial charge in [0.2, 0.25) is 5.91 Å². The number of ether oxygens (including phenoxy) is 1. The highest BCUT2D eigenvalue weighted by atomic mass is 19.1. The van der Waals surface area contributed by atoms with Crippen molar-refractivity contribution in [1.82, 2.24) is 14.9 Å². The van der Waals surface area contributed by atoms with E-state index in [1.165, 1.54) is 12.1 Å². The minimum Gasteiger partial charge on any atom is -0.384 e. The molecule has 124 valence electrons. The molecule has 0 aliphatic carbocycles. The third-order valence-corrected chi connectivity index (χ3v) is 3.60. The van der Waals surface area contributed by atoms with Crippen LogP contribution in [0.4, 0.5) is 4.39 Å². The Balaban J connectivity index is 1.93. The zero-order valence-corrected chi connectivity index (χ0v) is 13.5. The molecule has 1 aromatic carbocycles. The van der Waals surface area contributed by atoms with Crippen molar-refractivity contribution in [2.75, 3.05) is 20.3 Å². The van der Waals surface area contributed by atoms with E-state index in [1.54, 1.807) is 19.2 Å². The average molecular weight is 319 g/mol. The fourth-order valence-electron chi connectivity index (χ4n) is 2.30. The van der Waals surface area contributed by atoms with Gasteiger partial charge in [-0.3, -0.25) is 4.79 Å². The lowest BCUT2D eigenvalue weighted by molar-refractivity contribution is -0.121. The largest absolute Gasteiger partial charge is 0.384 e. The van der Waals surface area contributed by atoms with Gasteiger partial charge < -0.3 is 14.6 Å². The number of nitrogens with one attached hydrogen (secondary N) is 1. The molecule has 23 heavy (non-hydrogen) atoms. The third kappa shape index (κ3) is 5.17. The Labute approximate surface area is 135 Å². The van der Waals surface area contributed by atoms with Crippen molar-refractivity contribution in [2.45, 2.75) is 26.3 Å². The highest BCUT2D eigenvalue weighted by molar-refractivity contribution is 5.75. The number of rotatable bonds is 8. The van der Waals surface area contributed by atoms with E-state index < -0.39 is 0 Å². The molecule has 0 spiro atoms. The summed E-state index contributed by atoms with van der Waals surface area (Å²) in [6.07, 6.45) is 2.82. The Kier molecular flexibility index (Phi) is 6.29. The highest BCUT2D eigenvalue weighted by Gasteiger charge is 2.08. The number of methoxy groups -OCH3 is 1. The van der Waals surface area contributed by atoms with Gasteiger partial charge in [0, 0.05) is 44.9 Å². The molecule has 0 bridgehead atoms. The molecule has 0 aliphatic heterocycles. The molecule has 0 fully saturated rings. The molecule has 0 saturated heterocycles. The van der Waals surface area contributed by atoms with Crippen LogP contribution in [0.1, 0.15) is 23.5 Å². The number of nitrogens with zero attached hydrogens (tertiary/aromatic N) is 2. The molecule has 0 unspecified atom stereocenters. The zero-order valence-electron chi connectivity index (χ0n) is 13.5. The summed E-state index contributed by atoms with van der Waals surface area (Å²) in [6.45, 7) is 3.57. The van der Waals surface area contributed by atoms with Crippen molar-refractivity contribution in [3.05, 3.63) is 53.4 Å². The molecule has 0 radical (unpaired) electrons. The van der Waals surface area contributed by atoms with Gasteiger partial charge in [0.25, 0.3) is 0 Å². The van der Waals surface area contributed by atoms with Crippen molar-refractivity contribution >= 4 is 5.91 Å². The summed E-state index contributed by atoms with van der Waals surface area (Å²) in [5, 5.41) is 2.85. The topological polar surface area (TPSA) is 56.1 Å². The molecule has 1 aromatic heterocycles. The van der Waals surface area contributed by atoms with Gasteiger partial charge in [0.05, 0.1) is 6.61 Å². The van der Waals surface area contributed by atoms with Gasteiger partial charge in [-0.2, -0.15) is 0 Å². The summed E-state index contributed by atoms with van der Waals surface area (Å²) in [7, 11) is 1.57. The van der Waals surface area contributed by atoms with Gasteiger partial charge in [-0.25, -0.2) is 9.37 Å². The number of carbonyl (C=O) groups is 1. The first kappa shape index (κ1) is 17.1.